The number of methoxy groups -OCH3 is 3. The smallest absolute Gasteiger partial charge is 0.347 e. The first-order valence-electron chi connectivity index (χ1n) is 21.9. The van der Waals surface area contributed by atoms with Crippen LogP contribution in [-0.4, -0.2) is 130 Å². The monoisotopic (exact) mass is 844 g/mol. The van der Waals surface area contributed by atoms with Gasteiger partial charge in [-0.25, -0.2) is 4.79 Å². The highest BCUT2D eigenvalue weighted by atomic mass is 16.7. The first-order chi connectivity index (χ1) is 29.8. The van der Waals surface area contributed by atoms with Crippen molar-refractivity contribution < 1.29 is 48.0 Å². The lowest BCUT2D eigenvalue weighted by atomic mass is 9.48. The van der Waals surface area contributed by atoms with Gasteiger partial charge in [0, 0.05) is 56.2 Å². The molecule has 1 aliphatic carbocycles. The number of aliphatic hydroxyl groups is 1. The van der Waals surface area contributed by atoms with Crippen molar-refractivity contribution in [3.8, 4) is 11.8 Å². The molecule has 0 radical (unpaired) electrons. The molecule has 324 valence electrons. The Hall–Kier alpha value is -5.01. The zero-order valence-electron chi connectivity index (χ0n) is 36.2. The molecule has 62 heavy (non-hydrogen) atoms. The molecule has 1 unspecified atom stereocenters. The molecule has 2 spiro atoms. The number of anilines is 1. The standard InChI is InChI=1S/C47H53BN4O10/c1-7-42(57)21-29-22-44(40(55)59-5,37-30(12-16-50(24-29)25-42)31-18-28(23-49)10-11-34(31)48-37)33-19-32-35(20-36(33)58-4)52(26-53)47-45(32)14-17-51-15-9-13-43(8-2,38(45)51)39(61-27(3)54)46(47,62-47)41(56)60-6/h9-11,13,18-20,26,29,38-39,48,57H,7-8,12,14-17,21-22,24-25H2,1-6H3/t29-,38+,39-,42+,43-,44+,45-,46+,47+/m1/s1. The minimum absolute atomic E-state index is 0.150. The minimum atomic E-state index is -1.90. The molecule has 3 saturated heterocycles. The number of esters is 3. The van der Waals surface area contributed by atoms with Gasteiger partial charge in [-0.3, -0.25) is 29.1 Å². The number of epoxide rings is 1. The molecule has 0 aromatic heterocycles. The van der Waals surface area contributed by atoms with E-state index >= 15 is 4.79 Å². The van der Waals surface area contributed by atoms with Gasteiger partial charge in [0.05, 0.1) is 49.7 Å². The summed E-state index contributed by atoms with van der Waals surface area (Å²) in [4.78, 5) is 63.2. The zero-order chi connectivity index (χ0) is 43.8. The van der Waals surface area contributed by atoms with Gasteiger partial charge in [0.15, 0.2) is 13.4 Å². The summed E-state index contributed by atoms with van der Waals surface area (Å²) in [6, 6.07) is 11.4. The molecule has 7 heterocycles. The Bertz CT molecular complexity index is 2450. The number of ether oxygens (including phenoxy) is 5. The molecule has 2 bridgehead atoms. The lowest BCUT2D eigenvalue weighted by molar-refractivity contribution is -0.178. The van der Waals surface area contributed by atoms with Crippen LogP contribution in [0.2, 0.25) is 0 Å². The van der Waals surface area contributed by atoms with Gasteiger partial charge in [-0.15, -0.1) is 0 Å². The number of carbonyl (C=O) groups is 4. The van der Waals surface area contributed by atoms with Crippen molar-refractivity contribution in [2.75, 3.05) is 59.0 Å². The van der Waals surface area contributed by atoms with Crippen LogP contribution in [0.4, 0.5) is 5.69 Å². The Balaban J connectivity index is 1.29. The van der Waals surface area contributed by atoms with E-state index in [0.29, 0.717) is 101 Å². The van der Waals surface area contributed by atoms with Crippen LogP contribution in [-0.2, 0) is 49.0 Å². The number of amides is 1. The van der Waals surface area contributed by atoms with E-state index in [1.54, 1.807) is 13.2 Å². The quantitative estimate of drug-likeness (QED) is 0.103. The molecule has 8 aliphatic rings. The fourth-order valence-corrected chi connectivity index (χ4v) is 14.2. The first-order valence-corrected chi connectivity index (χ1v) is 21.9. The highest BCUT2D eigenvalue weighted by molar-refractivity contribution is 6.67. The second-order valence-electron chi connectivity index (χ2n) is 18.8. The molecule has 1 amide bonds. The Labute approximate surface area is 362 Å². The van der Waals surface area contributed by atoms with Gasteiger partial charge in [0.25, 0.3) is 5.60 Å². The van der Waals surface area contributed by atoms with Gasteiger partial charge in [0.2, 0.25) is 12.1 Å². The summed E-state index contributed by atoms with van der Waals surface area (Å²) in [6.45, 7) is 8.30. The van der Waals surface area contributed by atoms with E-state index in [1.165, 1.54) is 26.0 Å². The van der Waals surface area contributed by atoms with Crippen molar-refractivity contribution in [3.05, 3.63) is 70.2 Å². The van der Waals surface area contributed by atoms with Gasteiger partial charge >= 0.3 is 17.9 Å². The van der Waals surface area contributed by atoms with Crippen LogP contribution in [0.1, 0.15) is 81.5 Å². The minimum Gasteiger partial charge on any atom is -0.496 e. The molecule has 7 aliphatic heterocycles. The van der Waals surface area contributed by atoms with Crippen LogP contribution < -0.4 is 15.1 Å². The summed E-state index contributed by atoms with van der Waals surface area (Å²) < 4.78 is 31.1. The highest BCUT2D eigenvalue weighted by Gasteiger charge is 2.99. The number of piperidine rings is 1. The van der Waals surface area contributed by atoms with E-state index in [4.69, 9.17) is 23.7 Å². The van der Waals surface area contributed by atoms with Gasteiger partial charge in [-0.1, -0.05) is 43.0 Å². The molecule has 1 saturated carbocycles. The van der Waals surface area contributed by atoms with E-state index in [-0.39, 0.29) is 12.3 Å². The van der Waals surface area contributed by atoms with Crippen LogP contribution >= 0.6 is 0 Å². The molecule has 10 atom stereocenters. The summed E-state index contributed by atoms with van der Waals surface area (Å²) in [5.41, 5.74) is -2.04. The largest absolute Gasteiger partial charge is 0.496 e. The lowest BCUT2D eigenvalue weighted by Gasteiger charge is -2.58. The number of benzene rings is 2. The zero-order valence-corrected chi connectivity index (χ0v) is 36.2. The van der Waals surface area contributed by atoms with E-state index in [9.17, 15) is 24.8 Å². The van der Waals surface area contributed by atoms with Gasteiger partial charge in [0.1, 0.15) is 11.2 Å². The Morgan fingerprint density at radius 3 is 2.52 bits per heavy atom. The number of hydrogen-bond acceptors (Lipinski definition) is 13. The highest BCUT2D eigenvalue weighted by Crippen LogP contribution is 2.80. The second kappa shape index (κ2) is 13.7. The van der Waals surface area contributed by atoms with Crippen molar-refractivity contribution in [2.45, 2.75) is 99.2 Å². The maximum absolute atomic E-state index is 15.5. The molecular formula is C47H53BN4O10. The predicted octanol–water partition coefficient (Wildman–Crippen LogP) is 2.56. The number of nitrogens with zero attached hydrogens (tertiary/aromatic N) is 4. The number of hydrogen-bond donors (Lipinski definition) is 1. The van der Waals surface area contributed by atoms with Gasteiger partial charge in [-0.05, 0) is 85.9 Å². The van der Waals surface area contributed by atoms with Crippen molar-refractivity contribution in [1.82, 2.24) is 9.80 Å². The Kier molecular flexibility index (Phi) is 9.10. The third-order valence-electron chi connectivity index (χ3n) is 16.5. The predicted molar refractivity (Wildman–Crippen MR) is 227 cm³/mol. The molecule has 14 nitrogen and oxygen atoms in total. The van der Waals surface area contributed by atoms with Gasteiger partial charge < -0.3 is 28.8 Å². The fraction of sp³-hybridized carbons (Fsp3) is 0.553. The summed E-state index contributed by atoms with van der Waals surface area (Å²) >= 11 is 0. The normalized spacial score (nSPS) is 37.9. The SMILES string of the molecule is CC[C@]1(O)C[C@H]2CN(CCC3=C(Bc4ccc(C#N)cc43)[C@@](C(=O)OC)(c3cc4c(cc3OC)N(C=O)[C@@]35O[C@]3(C(=O)OC)[C@H](OC(C)=O)[C@]3(CC)C=CCN6CC[C@]45[C@@H]63)C2)C1. The van der Waals surface area contributed by atoms with Crippen LogP contribution in [0, 0.1) is 22.7 Å². The molecule has 4 fully saturated rings. The summed E-state index contributed by atoms with van der Waals surface area (Å²) in [5.74, 6) is -1.63. The Morgan fingerprint density at radius 2 is 1.84 bits per heavy atom. The third-order valence-corrected chi connectivity index (χ3v) is 16.5. The Morgan fingerprint density at radius 1 is 1.05 bits per heavy atom. The summed E-state index contributed by atoms with van der Waals surface area (Å²) in [6.07, 6.45) is 6.46. The molecule has 2 aromatic carbocycles. The number of fused-ring (bicyclic) bond motifs is 5. The van der Waals surface area contributed by atoms with Crippen molar-refractivity contribution in [1.29, 1.82) is 5.26 Å². The first kappa shape index (κ1) is 41.0. The van der Waals surface area contributed by atoms with E-state index in [1.807, 2.05) is 38.1 Å². The molecule has 2 aromatic rings. The van der Waals surface area contributed by atoms with E-state index in [0.717, 1.165) is 27.6 Å². The van der Waals surface area contributed by atoms with Crippen LogP contribution in [0.3, 0.4) is 0 Å². The topological polar surface area (TPSA) is 171 Å². The van der Waals surface area contributed by atoms with E-state index in [2.05, 4.69) is 28.0 Å². The van der Waals surface area contributed by atoms with Crippen molar-refractivity contribution in [2.24, 2.45) is 11.3 Å². The number of carbonyl (C=O) groups excluding carboxylic acids is 4. The van der Waals surface area contributed by atoms with E-state index < -0.39 is 63.2 Å². The average Bonchev–Trinajstić information content (AvgIpc) is 3.50. The third kappa shape index (κ3) is 4.79. The molecule has 15 heteroatoms. The van der Waals surface area contributed by atoms with Crippen LogP contribution in [0.25, 0.3) is 5.57 Å². The number of nitriles is 1. The molecule has 10 rings (SSSR count). The summed E-state index contributed by atoms with van der Waals surface area (Å²) in [7, 11) is 4.64. The second-order valence-corrected chi connectivity index (χ2v) is 18.8. The molecular weight excluding hydrogens is 791 g/mol. The fourth-order valence-electron chi connectivity index (χ4n) is 14.2. The maximum Gasteiger partial charge on any atom is 0.347 e. The van der Waals surface area contributed by atoms with Crippen LogP contribution in [0.15, 0.2) is 48.0 Å². The lowest BCUT2D eigenvalue weighted by Crippen LogP contribution is -2.75. The maximum atomic E-state index is 15.5. The average molecular weight is 845 g/mol. The van der Waals surface area contributed by atoms with Crippen LogP contribution in [0.5, 0.6) is 5.75 Å². The van der Waals surface area contributed by atoms with Crippen molar-refractivity contribution >= 4 is 48.3 Å². The van der Waals surface area contributed by atoms with Crippen molar-refractivity contribution in [3.63, 3.8) is 0 Å². The van der Waals surface area contributed by atoms with Gasteiger partial charge in [-0.2, -0.15) is 5.26 Å². The summed E-state index contributed by atoms with van der Waals surface area (Å²) in [5, 5.41) is 22.1. The number of rotatable bonds is 8. The molecule has 1 N–H and O–H groups in total.